The van der Waals surface area contributed by atoms with Crippen LogP contribution in [0.1, 0.15) is 30.6 Å². The Bertz CT molecular complexity index is 389. The Balaban J connectivity index is 2.31. The van der Waals surface area contributed by atoms with Crippen LogP contribution >= 0.6 is 0 Å². The van der Waals surface area contributed by atoms with Gasteiger partial charge in [0.05, 0.1) is 6.10 Å². The van der Waals surface area contributed by atoms with E-state index in [1.807, 2.05) is 6.92 Å². The number of halogens is 2. The maximum Gasteiger partial charge on any atom is 0.129 e. The van der Waals surface area contributed by atoms with E-state index >= 15 is 0 Å². The van der Waals surface area contributed by atoms with Crippen molar-refractivity contribution >= 4 is 0 Å². The van der Waals surface area contributed by atoms with Gasteiger partial charge < -0.3 is 5.11 Å². The highest BCUT2D eigenvalue weighted by atomic mass is 19.1. The SMILES string of the molecule is Cc1cc(F)c(C(O)C2CC2C)cc1F. The Kier molecular flexibility index (Phi) is 2.51. The standard InChI is InChI=1S/C12H14F2O/c1-6-3-8(6)12(15)9-5-10(13)7(2)4-11(9)14/h4-6,8,12,15H,3H2,1-2H3. The predicted molar refractivity (Wildman–Crippen MR) is 53.3 cm³/mol. The molecular formula is C12H14F2O. The molecule has 0 amide bonds. The summed E-state index contributed by atoms with van der Waals surface area (Å²) in [6.45, 7) is 3.50. The van der Waals surface area contributed by atoms with Crippen molar-refractivity contribution < 1.29 is 13.9 Å². The second kappa shape index (κ2) is 3.56. The van der Waals surface area contributed by atoms with E-state index in [0.29, 0.717) is 5.92 Å². The van der Waals surface area contributed by atoms with E-state index in [0.717, 1.165) is 18.6 Å². The summed E-state index contributed by atoms with van der Waals surface area (Å²) in [7, 11) is 0. The van der Waals surface area contributed by atoms with E-state index in [2.05, 4.69) is 0 Å². The Morgan fingerprint density at radius 1 is 1.33 bits per heavy atom. The molecule has 1 nitrogen and oxygen atoms in total. The first kappa shape index (κ1) is 10.6. The van der Waals surface area contributed by atoms with Crippen molar-refractivity contribution in [1.82, 2.24) is 0 Å². The molecule has 15 heavy (non-hydrogen) atoms. The van der Waals surface area contributed by atoms with Crippen LogP contribution in [0.5, 0.6) is 0 Å². The summed E-state index contributed by atoms with van der Waals surface area (Å²) in [6.07, 6.45) is 0.0194. The third-order valence-electron chi connectivity index (χ3n) is 3.17. The monoisotopic (exact) mass is 212 g/mol. The van der Waals surface area contributed by atoms with E-state index in [9.17, 15) is 13.9 Å². The van der Waals surface area contributed by atoms with Gasteiger partial charge in [-0.05, 0) is 42.9 Å². The van der Waals surface area contributed by atoms with Crippen LogP contribution in [-0.4, -0.2) is 5.11 Å². The van der Waals surface area contributed by atoms with Crippen LogP contribution in [-0.2, 0) is 0 Å². The van der Waals surface area contributed by atoms with Gasteiger partial charge in [0.2, 0.25) is 0 Å². The number of aryl methyl sites for hydroxylation is 1. The van der Waals surface area contributed by atoms with Crippen molar-refractivity contribution in [2.45, 2.75) is 26.4 Å². The zero-order valence-electron chi connectivity index (χ0n) is 8.80. The van der Waals surface area contributed by atoms with Crippen LogP contribution in [0.25, 0.3) is 0 Å². The van der Waals surface area contributed by atoms with Crippen LogP contribution in [0.15, 0.2) is 12.1 Å². The molecule has 3 atom stereocenters. The first-order valence-corrected chi connectivity index (χ1v) is 5.14. The van der Waals surface area contributed by atoms with Crippen LogP contribution in [0.2, 0.25) is 0 Å². The molecule has 0 aromatic heterocycles. The average Bonchev–Trinajstić information content (AvgIpc) is 2.88. The summed E-state index contributed by atoms with van der Waals surface area (Å²) < 4.78 is 26.7. The molecule has 3 unspecified atom stereocenters. The Morgan fingerprint density at radius 2 is 1.93 bits per heavy atom. The van der Waals surface area contributed by atoms with E-state index in [1.54, 1.807) is 0 Å². The lowest BCUT2D eigenvalue weighted by Crippen LogP contribution is -2.05. The van der Waals surface area contributed by atoms with Crippen molar-refractivity contribution in [3.05, 3.63) is 34.9 Å². The molecule has 1 saturated carbocycles. The second-order valence-corrected chi connectivity index (χ2v) is 4.44. The highest BCUT2D eigenvalue weighted by molar-refractivity contribution is 5.28. The van der Waals surface area contributed by atoms with Crippen LogP contribution in [0.3, 0.4) is 0 Å². The zero-order chi connectivity index (χ0) is 11.2. The molecule has 0 bridgehead atoms. The minimum absolute atomic E-state index is 0.0848. The molecule has 2 rings (SSSR count). The zero-order valence-corrected chi connectivity index (χ0v) is 8.80. The third kappa shape index (κ3) is 1.88. The number of rotatable bonds is 2. The van der Waals surface area contributed by atoms with Gasteiger partial charge in [-0.3, -0.25) is 0 Å². The summed E-state index contributed by atoms with van der Waals surface area (Å²) in [5, 5.41) is 9.82. The highest BCUT2D eigenvalue weighted by Crippen LogP contribution is 2.47. The molecule has 1 N–H and O–H groups in total. The Labute approximate surface area is 87.7 Å². The molecule has 1 aromatic rings. The van der Waals surface area contributed by atoms with Gasteiger partial charge in [-0.2, -0.15) is 0 Å². The molecule has 0 radical (unpaired) electrons. The molecule has 1 aliphatic rings. The molecule has 82 valence electrons. The summed E-state index contributed by atoms with van der Waals surface area (Å²) >= 11 is 0. The normalized spacial score (nSPS) is 26.5. The number of benzene rings is 1. The summed E-state index contributed by atoms with van der Waals surface area (Å²) in [6, 6.07) is 2.25. The van der Waals surface area contributed by atoms with Crippen molar-refractivity contribution in [1.29, 1.82) is 0 Å². The summed E-state index contributed by atoms with van der Waals surface area (Å²) in [5.41, 5.74) is 0.361. The highest BCUT2D eigenvalue weighted by Gasteiger charge is 2.40. The lowest BCUT2D eigenvalue weighted by Gasteiger charge is -2.12. The van der Waals surface area contributed by atoms with E-state index in [-0.39, 0.29) is 17.0 Å². The van der Waals surface area contributed by atoms with Gasteiger partial charge >= 0.3 is 0 Å². The Hall–Kier alpha value is -0.960. The van der Waals surface area contributed by atoms with Crippen LogP contribution in [0, 0.1) is 30.4 Å². The van der Waals surface area contributed by atoms with E-state index < -0.39 is 17.7 Å². The molecular weight excluding hydrogens is 198 g/mol. The molecule has 1 aliphatic carbocycles. The molecule has 0 aliphatic heterocycles. The Morgan fingerprint density at radius 3 is 2.47 bits per heavy atom. The van der Waals surface area contributed by atoms with Gasteiger partial charge in [0.15, 0.2) is 0 Å². The fraction of sp³-hybridized carbons (Fsp3) is 0.500. The van der Waals surface area contributed by atoms with Gasteiger partial charge in [-0.15, -0.1) is 0 Å². The molecule has 1 fully saturated rings. The average molecular weight is 212 g/mol. The number of hydrogen-bond acceptors (Lipinski definition) is 1. The molecule has 0 spiro atoms. The molecule has 3 heteroatoms. The first-order chi connectivity index (χ1) is 7.00. The molecule has 0 saturated heterocycles. The van der Waals surface area contributed by atoms with Crippen LogP contribution < -0.4 is 0 Å². The van der Waals surface area contributed by atoms with E-state index in [4.69, 9.17) is 0 Å². The van der Waals surface area contributed by atoms with Crippen molar-refractivity contribution in [2.24, 2.45) is 11.8 Å². The van der Waals surface area contributed by atoms with Crippen molar-refractivity contribution in [3.63, 3.8) is 0 Å². The van der Waals surface area contributed by atoms with Crippen molar-refractivity contribution in [2.75, 3.05) is 0 Å². The van der Waals surface area contributed by atoms with Crippen molar-refractivity contribution in [3.8, 4) is 0 Å². The predicted octanol–water partition coefficient (Wildman–Crippen LogP) is 2.96. The van der Waals surface area contributed by atoms with Gasteiger partial charge in [-0.25, -0.2) is 8.78 Å². The maximum atomic E-state index is 13.5. The first-order valence-electron chi connectivity index (χ1n) is 5.14. The topological polar surface area (TPSA) is 20.2 Å². The number of aliphatic hydroxyl groups excluding tert-OH is 1. The minimum Gasteiger partial charge on any atom is -0.388 e. The fourth-order valence-electron chi connectivity index (χ4n) is 1.91. The number of aliphatic hydroxyl groups is 1. The minimum atomic E-state index is -0.866. The van der Waals surface area contributed by atoms with Crippen LogP contribution in [0.4, 0.5) is 8.78 Å². The maximum absolute atomic E-state index is 13.5. The summed E-state index contributed by atoms with van der Waals surface area (Å²) in [4.78, 5) is 0. The quantitative estimate of drug-likeness (QED) is 0.799. The smallest absolute Gasteiger partial charge is 0.129 e. The lowest BCUT2D eigenvalue weighted by atomic mass is 10.0. The lowest BCUT2D eigenvalue weighted by molar-refractivity contribution is 0.143. The molecule has 1 aromatic carbocycles. The van der Waals surface area contributed by atoms with Gasteiger partial charge in [-0.1, -0.05) is 6.92 Å². The number of hydrogen-bond donors (Lipinski definition) is 1. The van der Waals surface area contributed by atoms with Gasteiger partial charge in [0.25, 0.3) is 0 Å². The van der Waals surface area contributed by atoms with Gasteiger partial charge in [0.1, 0.15) is 11.6 Å². The largest absolute Gasteiger partial charge is 0.388 e. The molecule has 0 heterocycles. The second-order valence-electron chi connectivity index (χ2n) is 4.44. The van der Waals surface area contributed by atoms with E-state index in [1.165, 1.54) is 6.92 Å². The third-order valence-corrected chi connectivity index (χ3v) is 3.17. The van der Waals surface area contributed by atoms with Gasteiger partial charge in [0, 0.05) is 5.56 Å². The fourth-order valence-corrected chi connectivity index (χ4v) is 1.91. The summed E-state index contributed by atoms with van der Waals surface area (Å²) in [5.74, 6) is -0.482.